The van der Waals surface area contributed by atoms with E-state index in [1.807, 2.05) is 0 Å². The van der Waals surface area contributed by atoms with Crippen molar-refractivity contribution in [1.29, 1.82) is 0 Å². The maximum Gasteiger partial charge on any atom is 0.432 e. The maximum absolute atomic E-state index is 11.0. The zero-order valence-electron chi connectivity index (χ0n) is 9.29. The van der Waals surface area contributed by atoms with Gasteiger partial charge >= 0.3 is 31.2 Å². The number of hydrogen-bond acceptors (Lipinski definition) is 10. The highest BCUT2D eigenvalue weighted by Crippen LogP contribution is 2.10. The second-order valence-electron chi connectivity index (χ2n) is 2.51. The van der Waals surface area contributed by atoms with E-state index in [0.717, 1.165) is 12.2 Å². The van der Waals surface area contributed by atoms with Crippen LogP contribution in [0.2, 0.25) is 0 Å². The van der Waals surface area contributed by atoms with Gasteiger partial charge < -0.3 is 0 Å². The molecule has 0 radical (unpaired) electrons. The largest absolute Gasteiger partial charge is 0.432 e. The maximum atomic E-state index is 11.0. The summed E-state index contributed by atoms with van der Waals surface area (Å²) >= 11 is 0. The molecular formula is C6H10O10S3. The fourth-order valence-corrected chi connectivity index (χ4v) is 3.29. The molecule has 0 N–H and O–H groups in total. The zero-order chi connectivity index (χ0) is 15.2. The summed E-state index contributed by atoms with van der Waals surface area (Å²) in [5, 5.41) is 0. The first kappa shape index (κ1) is 18.2. The van der Waals surface area contributed by atoms with Gasteiger partial charge in [-0.1, -0.05) is 19.4 Å². The van der Waals surface area contributed by atoms with Crippen LogP contribution in [0.3, 0.4) is 0 Å². The second-order valence-corrected chi connectivity index (χ2v) is 6.52. The number of rotatable bonds is 10. The van der Waals surface area contributed by atoms with Crippen LogP contribution in [0.1, 0.15) is 0 Å². The molecule has 0 heterocycles. The van der Waals surface area contributed by atoms with E-state index in [4.69, 9.17) is 0 Å². The highest BCUT2D eigenvalue weighted by molar-refractivity contribution is 8.00. The highest BCUT2D eigenvalue weighted by Gasteiger charge is 2.31. The molecule has 0 rings (SSSR count). The molecule has 0 fully saturated rings. The van der Waals surface area contributed by atoms with Crippen molar-refractivity contribution in [2.45, 2.75) is 0 Å². The predicted molar refractivity (Wildman–Crippen MR) is 61.2 cm³/mol. The minimum absolute atomic E-state index is 0.586. The molecule has 0 saturated carbocycles. The van der Waals surface area contributed by atoms with Gasteiger partial charge in [0, 0.05) is 0 Å². The Morgan fingerprint density at radius 3 is 1.26 bits per heavy atom. The van der Waals surface area contributed by atoms with E-state index in [1.54, 1.807) is 0 Å². The Balaban J connectivity index is 4.83. The first-order valence-corrected chi connectivity index (χ1v) is 8.21. The summed E-state index contributed by atoms with van der Waals surface area (Å²) in [6, 6.07) is 0. The third kappa shape index (κ3) is 8.82. The standard InChI is InChI=1S/C6H10O10S3/c1-3-5-13-17(7,8)15-19(11,12)16-18(9,10)14-6-4-2/h3-4H,1-2,5-6H2. The molecule has 0 unspecified atom stereocenters. The van der Waals surface area contributed by atoms with E-state index in [2.05, 4.69) is 28.8 Å². The first-order valence-electron chi connectivity index (χ1n) is 4.21. The molecule has 0 spiro atoms. The predicted octanol–water partition coefficient (Wildman–Crippen LogP) is -0.841. The molecule has 0 bridgehead atoms. The van der Waals surface area contributed by atoms with Gasteiger partial charge in [0.25, 0.3) is 0 Å². The second kappa shape index (κ2) is 7.09. The van der Waals surface area contributed by atoms with Crippen LogP contribution in [0.15, 0.2) is 25.3 Å². The summed E-state index contributed by atoms with van der Waals surface area (Å²) in [6.07, 6.45) is 1.97. The van der Waals surface area contributed by atoms with Gasteiger partial charge in [-0.2, -0.15) is 25.3 Å². The third-order valence-electron chi connectivity index (χ3n) is 0.994. The summed E-state index contributed by atoms with van der Waals surface area (Å²) < 4.78 is 80.2. The van der Waals surface area contributed by atoms with Crippen molar-refractivity contribution in [3.63, 3.8) is 0 Å². The Bertz CT molecular complexity index is 560. The Hall–Kier alpha value is -0.830. The molecule has 112 valence electrons. The normalized spacial score (nSPS) is 13.1. The van der Waals surface area contributed by atoms with Gasteiger partial charge in [0.2, 0.25) is 0 Å². The third-order valence-corrected chi connectivity index (χ3v) is 4.51. The van der Waals surface area contributed by atoms with Gasteiger partial charge in [0.05, 0.1) is 13.2 Å². The Morgan fingerprint density at radius 1 is 0.684 bits per heavy atom. The smallest absolute Gasteiger partial charge is 0.243 e. The van der Waals surface area contributed by atoms with Crippen molar-refractivity contribution >= 4 is 31.2 Å². The van der Waals surface area contributed by atoms with E-state index in [1.165, 1.54) is 0 Å². The molecule has 0 aliphatic rings. The van der Waals surface area contributed by atoms with Crippen LogP contribution in [0.4, 0.5) is 0 Å². The van der Waals surface area contributed by atoms with Gasteiger partial charge in [-0.3, -0.25) is 0 Å². The van der Waals surface area contributed by atoms with Crippen molar-refractivity contribution in [1.82, 2.24) is 0 Å². The quantitative estimate of drug-likeness (QED) is 0.463. The van der Waals surface area contributed by atoms with Gasteiger partial charge in [-0.05, 0) is 0 Å². The van der Waals surface area contributed by atoms with Crippen molar-refractivity contribution < 1.29 is 40.9 Å². The van der Waals surface area contributed by atoms with Gasteiger partial charge in [0.1, 0.15) is 0 Å². The highest BCUT2D eigenvalue weighted by atomic mass is 32.3. The molecule has 0 amide bonds. The molecule has 10 nitrogen and oxygen atoms in total. The van der Waals surface area contributed by atoms with Gasteiger partial charge in [0.15, 0.2) is 0 Å². The zero-order valence-corrected chi connectivity index (χ0v) is 11.7. The SMILES string of the molecule is C=CCOS(=O)(=O)OS(=O)(=O)OS(=O)(=O)OCC=C. The van der Waals surface area contributed by atoms with E-state index in [-0.39, 0.29) is 0 Å². The lowest BCUT2D eigenvalue weighted by atomic mass is 10.7. The summed E-state index contributed by atoms with van der Waals surface area (Å²) in [5.74, 6) is 0. The summed E-state index contributed by atoms with van der Waals surface area (Å²) in [5.41, 5.74) is 0. The summed E-state index contributed by atoms with van der Waals surface area (Å²) in [6.45, 7) is 5.03. The molecule has 0 aromatic heterocycles. The first-order chi connectivity index (χ1) is 8.54. The van der Waals surface area contributed by atoms with Crippen LogP contribution in [0.5, 0.6) is 0 Å². The minimum atomic E-state index is -5.45. The molecular weight excluding hydrogens is 328 g/mol. The number of hydrogen-bond donors (Lipinski definition) is 0. The van der Waals surface area contributed by atoms with Crippen LogP contribution in [0, 0.1) is 0 Å². The van der Waals surface area contributed by atoms with Crippen molar-refractivity contribution in [2.75, 3.05) is 13.2 Å². The lowest BCUT2D eigenvalue weighted by molar-refractivity contribution is 0.271. The molecule has 0 aliphatic heterocycles. The van der Waals surface area contributed by atoms with Crippen LogP contribution in [-0.2, 0) is 46.8 Å². The Kier molecular flexibility index (Phi) is 6.78. The Morgan fingerprint density at radius 2 is 1.00 bits per heavy atom. The monoisotopic (exact) mass is 338 g/mol. The van der Waals surface area contributed by atoms with Gasteiger partial charge in [-0.25, -0.2) is 8.37 Å². The summed E-state index contributed by atoms with van der Waals surface area (Å²) in [7, 11) is -15.5. The fraction of sp³-hybridized carbons (Fsp3) is 0.333. The van der Waals surface area contributed by atoms with E-state index < -0.39 is 44.4 Å². The molecule has 13 heteroatoms. The van der Waals surface area contributed by atoms with Crippen molar-refractivity contribution in [3.8, 4) is 0 Å². The van der Waals surface area contributed by atoms with Crippen LogP contribution in [-0.4, -0.2) is 38.5 Å². The fourth-order valence-electron chi connectivity index (χ4n) is 0.518. The van der Waals surface area contributed by atoms with Crippen molar-refractivity contribution in [3.05, 3.63) is 25.3 Å². The molecule has 0 aromatic rings. The van der Waals surface area contributed by atoms with E-state index in [9.17, 15) is 25.3 Å². The van der Waals surface area contributed by atoms with Crippen LogP contribution < -0.4 is 0 Å². The minimum Gasteiger partial charge on any atom is -0.243 e. The lowest BCUT2D eigenvalue weighted by Crippen LogP contribution is -2.22. The van der Waals surface area contributed by atoms with Gasteiger partial charge in [-0.15, -0.1) is 13.2 Å². The lowest BCUT2D eigenvalue weighted by Gasteiger charge is -2.05. The average molecular weight is 338 g/mol. The average Bonchev–Trinajstić information content (AvgIpc) is 2.20. The van der Waals surface area contributed by atoms with E-state index in [0.29, 0.717) is 0 Å². The molecule has 19 heavy (non-hydrogen) atoms. The molecule has 0 atom stereocenters. The van der Waals surface area contributed by atoms with Crippen LogP contribution >= 0.6 is 0 Å². The van der Waals surface area contributed by atoms with Crippen LogP contribution in [0.25, 0.3) is 0 Å². The molecule has 0 aliphatic carbocycles. The molecule has 0 saturated heterocycles. The van der Waals surface area contributed by atoms with Crippen molar-refractivity contribution in [2.24, 2.45) is 0 Å². The topological polar surface area (TPSA) is 139 Å². The molecule has 0 aromatic carbocycles. The summed E-state index contributed by atoms with van der Waals surface area (Å²) in [4.78, 5) is 0. The van der Waals surface area contributed by atoms with E-state index >= 15 is 0 Å². The Labute approximate surface area is 111 Å².